The van der Waals surface area contributed by atoms with Crippen LogP contribution in [0.4, 0.5) is 10.2 Å². The minimum absolute atomic E-state index is 0.000715. The van der Waals surface area contributed by atoms with Crippen molar-refractivity contribution in [3.05, 3.63) is 48.3 Å². The molecule has 0 atom stereocenters. The molecule has 148 valence electrons. The molecule has 0 saturated carbocycles. The number of fused-ring (bicyclic) bond motifs is 1. The lowest BCUT2D eigenvalue weighted by Crippen LogP contribution is -2.36. The summed E-state index contributed by atoms with van der Waals surface area (Å²) < 4.78 is 14.2. The van der Waals surface area contributed by atoms with Crippen molar-refractivity contribution in [2.45, 2.75) is 13.3 Å². The Balaban J connectivity index is 1.69. The van der Waals surface area contributed by atoms with E-state index in [0.717, 1.165) is 22.3 Å². The molecule has 0 saturated heterocycles. The monoisotopic (exact) mass is 385 g/mol. The van der Waals surface area contributed by atoms with Crippen LogP contribution in [0.2, 0.25) is 0 Å². The van der Waals surface area contributed by atoms with E-state index in [4.69, 9.17) is 5.11 Å². The quantitative estimate of drug-likeness (QED) is 0.591. The number of benzene rings is 1. The van der Waals surface area contributed by atoms with Crippen LogP contribution in [0.1, 0.15) is 12.0 Å². The number of hydrogen-bond acceptors (Lipinski definition) is 5. The van der Waals surface area contributed by atoms with Gasteiger partial charge in [-0.1, -0.05) is 29.8 Å². The van der Waals surface area contributed by atoms with Gasteiger partial charge in [0.1, 0.15) is 12.5 Å². The molecule has 1 amide bonds. The molecule has 3 rings (SSSR count). The average Bonchev–Trinajstić information content (AvgIpc) is 3.11. The molecule has 0 unspecified atom stereocenters. The van der Waals surface area contributed by atoms with Crippen molar-refractivity contribution in [1.29, 1.82) is 0 Å². The fourth-order valence-electron chi connectivity index (χ4n) is 3.02. The van der Waals surface area contributed by atoms with Crippen LogP contribution in [0.5, 0.6) is 0 Å². The summed E-state index contributed by atoms with van der Waals surface area (Å²) in [7, 11) is 0. The van der Waals surface area contributed by atoms with Gasteiger partial charge in [-0.25, -0.2) is 13.9 Å². The molecule has 0 bridgehead atoms. The molecule has 7 nitrogen and oxygen atoms in total. The SMILES string of the molecule is Cc1cccc(-c2cnn3ccc(NCCC(=O)N(CCO)CCF)nc23)c1. The van der Waals surface area contributed by atoms with E-state index in [-0.39, 0.29) is 32.0 Å². The van der Waals surface area contributed by atoms with Crippen LogP contribution >= 0.6 is 0 Å². The topological polar surface area (TPSA) is 82.8 Å². The number of nitrogens with one attached hydrogen (secondary N) is 1. The molecule has 8 heteroatoms. The molecule has 0 aliphatic rings. The van der Waals surface area contributed by atoms with Gasteiger partial charge >= 0.3 is 0 Å². The summed E-state index contributed by atoms with van der Waals surface area (Å²) in [5.41, 5.74) is 3.85. The maximum absolute atomic E-state index is 12.5. The fraction of sp³-hybridized carbons (Fsp3) is 0.350. The summed E-state index contributed by atoms with van der Waals surface area (Å²) >= 11 is 0. The molecule has 2 N–H and O–H groups in total. The van der Waals surface area contributed by atoms with E-state index < -0.39 is 6.67 Å². The molecular weight excluding hydrogens is 361 g/mol. The number of aliphatic hydroxyl groups is 1. The van der Waals surface area contributed by atoms with Gasteiger partial charge in [-0.05, 0) is 18.6 Å². The lowest BCUT2D eigenvalue weighted by Gasteiger charge is -2.20. The highest BCUT2D eigenvalue weighted by molar-refractivity contribution is 5.78. The molecule has 0 spiro atoms. The van der Waals surface area contributed by atoms with Crippen LogP contribution in [0.3, 0.4) is 0 Å². The first-order valence-corrected chi connectivity index (χ1v) is 9.22. The van der Waals surface area contributed by atoms with E-state index >= 15 is 0 Å². The van der Waals surface area contributed by atoms with Crippen LogP contribution in [-0.2, 0) is 4.79 Å². The van der Waals surface area contributed by atoms with Crippen molar-refractivity contribution < 1.29 is 14.3 Å². The first kappa shape index (κ1) is 19.8. The van der Waals surface area contributed by atoms with Crippen LogP contribution in [0, 0.1) is 6.92 Å². The Morgan fingerprint density at radius 1 is 1.32 bits per heavy atom. The number of hydrogen-bond donors (Lipinski definition) is 2. The second kappa shape index (κ2) is 9.27. The van der Waals surface area contributed by atoms with Gasteiger partial charge in [0.15, 0.2) is 5.65 Å². The highest BCUT2D eigenvalue weighted by Crippen LogP contribution is 2.24. The van der Waals surface area contributed by atoms with Crippen molar-refractivity contribution in [1.82, 2.24) is 19.5 Å². The van der Waals surface area contributed by atoms with Crippen LogP contribution in [0.15, 0.2) is 42.7 Å². The van der Waals surface area contributed by atoms with Gasteiger partial charge in [0.05, 0.1) is 12.8 Å². The third-order valence-corrected chi connectivity index (χ3v) is 4.42. The number of halogens is 1. The van der Waals surface area contributed by atoms with Gasteiger partial charge in [-0.3, -0.25) is 4.79 Å². The number of aromatic nitrogens is 3. The summed E-state index contributed by atoms with van der Waals surface area (Å²) in [6.07, 6.45) is 3.79. The Hall–Kier alpha value is -3.00. The zero-order valence-corrected chi connectivity index (χ0v) is 15.8. The summed E-state index contributed by atoms with van der Waals surface area (Å²) in [5.74, 6) is 0.430. The van der Waals surface area contributed by atoms with Gasteiger partial charge in [-0.15, -0.1) is 0 Å². The predicted molar refractivity (Wildman–Crippen MR) is 106 cm³/mol. The van der Waals surface area contributed by atoms with Crippen molar-refractivity contribution in [2.24, 2.45) is 0 Å². The normalized spacial score (nSPS) is 11.0. The van der Waals surface area contributed by atoms with E-state index in [2.05, 4.69) is 21.5 Å². The number of nitrogens with zero attached hydrogens (tertiary/aromatic N) is 4. The number of carbonyl (C=O) groups excluding carboxylic acids is 1. The van der Waals surface area contributed by atoms with E-state index in [1.807, 2.05) is 31.3 Å². The van der Waals surface area contributed by atoms with Gasteiger partial charge in [0.25, 0.3) is 0 Å². The molecule has 2 heterocycles. The van der Waals surface area contributed by atoms with Gasteiger partial charge in [0.2, 0.25) is 5.91 Å². The van der Waals surface area contributed by atoms with Crippen LogP contribution < -0.4 is 5.32 Å². The molecule has 2 aromatic heterocycles. The molecule has 0 aliphatic heterocycles. The highest BCUT2D eigenvalue weighted by atomic mass is 19.1. The third-order valence-electron chi connectivity index (χ3n) is 4.42. The van der Waals surface area contributed by atoms with E-state index in [1.54, 1.807) is 16.8 Å². The minimum Gasteiger partial charge on any atom is -0.395 e. The Morgan fingerprint density at radius 3 is 2.93 bits per heavy atom. The van der Waals surface area contributed by atoms with E-state index in [0.29, 0.717) is 12.4 Å². The highest BCUT2D eigenvalue weighted by Gasteiger charge is 2.13. The van der Waals surface area contributed by atoms with Crippen molar-refractivity contribution in [2.75, 3.05) is 38.2 Å². The first-order chi connectivity index (χ1) is 13.6. The average molecular weight is 385 g/mol. The summed E-state index contributed by atoms with van der Waals surface area (Å²) in [4.78, 5) is 18.1. The minimum atomic E-state index is -0.625. The van der Waals surface area contributed by atoms with Gasteiger partial charge in [0, 0.05) is 37.8 Å². The molecule has 3 aromatic rings. The molecule has 0 fully saturated rings. The van der Waals surface area contributed by atoms with E-state index in [1.165, 1.54) is 4.90 Å². The van der Waals surface area contributed by atoms with Crippen molar-refractivity contribution in [3.63, 3.8) is 0 Å². The van der Waals surface area contributed by atoms with Crippen molar-refractivity contribution >= 4 is 17.4 Å². The van der Waals surface area contributed by atoms with Gasteiger partial charge in [-0.2, -0.15) is 5.10 Å². The summed E-state index contributed by atoms with van der Waals surface area (Å²) in [6, 6.07) is 9.92. The number of aliphatic hydroxyl groups excluding tert-OH is 1. The summed E-state index contributed by atoms with van der Waals surface area (Å²) in [6.45, 7) is 1.74. The maximum atomic E-state index is 12.5. The van der Waals surface area contributed by atoms with Crippen molar-refractivity contribution in [3.8, 4) is 11.1 Å². The maximum Gasteiger partial charge on any atom is 0.224 e. The Bertz CT molecular complexity index is 937. The number of amides is 1. The Morgan fingerprint density at radius 2 is 2.18 bits per heavy atom. The number of alkyl halides is 1. The number of carbonyl (C=O) groups is 1. The standard InChI is InChI=1S/C20H24FN5O2/c1-15-3-2-4-16(13-15)17-14-23-26-9-6-18(24-20(17)26)22-8-5-19(28)25(10-7-21)11-12-27/h2-4,6,9,13-14,27H,5,7-8,10-12H2,1H3,(H,22,24). The number of aryl methyl sites for hydroxylation is 1. The second-order valence-electron chi connectivity index (χ2n) is 6.48. The third kappa shape index (κ3) is 4.64. The Labute approximate surface area is 162 Å². The van der Waals surface area contributed by atoms with Crippen LogP contribution in [0.25, 0.3) is 16.8 Å². The van der Waals surface area contributed by atoms with Crippen LogP contribution in [-0.4, -0.2) is 63.4 Å². The lowest BCUT2D eigenvalue weighted by atomic mass is 10.1. The second-order valence-corrected chi connectivity index (χ2v) is 6.48. The number of rotatable bonds is 9. The van der Waals surface area contributed by atoms with Gasteiger partial charge < -0.3 is 15.3 Å². The zero-order chi connectivity index (χ0) is 19.9. The lowest BCUT2D eigenvalue weighted by molar-refractivity contribution is -0.131. The molecule has 1 aromatic carbocycles. The number of anilines is 1. The molecule has 0 aliphatic carbocycles. The van der Waals surface area contributed by atoms with E-state index in [9.17, 15) is 9.18 Å². The smallest absolute Gasteiger partial charge is 0.224 e. The predicted octanol–water partition coefficient (Wildman–Crippen LogP) is 2.30. The molecular formula is C20H24FN5O2. The Kier molecular flexibility index (Phi) is 6.54. The molecule has 0 radical (unpaired) electrons. The zero-order valence-electron chi connectivity index (χ0n) is 15.8. The summed E-state index contributed by atoms with van der Waals surface area (Å²) in [5, 5.41) is 16.5. The molecule has 28 heavy (non-hydrogen) atoms. The fourth-order valence-corrected chi connectivity index (χ4v) is 3.02. The first-order valence-electron chi connectivity index (χ1n) is 9.22. The largest absolute Gasteiger partial charge is 0.395 e.